The van der Waals surface area contributed by atoms with Crippen molar-refractivity contribution in [2.75, 3.05) is 11.1 Å². The van der Waals surface area contributed by atoms with Crippen LogP contribution in [-0.2, 0) is 6.18 Å². The first kappa shape index (κ1) is 19.3. The molecule has 0 aliphatic rings. The molecule has 0 aliphatic heterocycles. The topological polar surface area (TPSA) is 103 Å². The number of halogens is 5. The largest absolute Gasteiger partial charge is 0.434 e. The maximum Gasteiger partial charge on any atom is 0.434 e. The number of alkyl halides is 3. The molecule has 0 bridgehead atoms. The van der Waals surface area contributed by atoms with Gasteiger partial charge >= 0.3 is 6.18 Å². The molecule has 4 heterocycles. The van der Waals surface area contributed by atoms with E-state index in [0.29, 0.717) is 10.9 Å². The number of carbonyl (C=O) groups is 1. The Morgan fingerprint density at radius 1 is 1.10 bits per heavy atom. The Morgan fingerprint density at radius 2 is 1.87 bits per heavy atom. The molecule has 0 saturated heterocycles. The van der Waals surface area contributed by atoms with E-state index < -0.39 is 40.8 Å². The second-order valence-corrected chi connectivity index (χ2v) is 6.02. The zero-order valence-electron chi connectivity index (χ0n) is 14.7. The van der Waals surface area contributed by atoms with Gasteiger partial charge < -0.3 is 11.1 Å². The van der Waals surface area contributed by atoms with Crippen molar-refractivity contribution in [3.8, 4) is 5.82 Å². The number of pyridine rings is 2. The number of anilines is 2. The zero-order chi connectivity index (χ0) is 21.6. The van der Waals surface area contributed by atoms with Gasteiger partial charge in [0.05, 0.1) is 23.6 Å². The van der Waals surface area contributed by atoms with E-state index in [1.54, 1.807) is 0 Å². The SMILES string of the molecule is Nc1ncc(NC(=O)c2cnn(-c3ccc(F)c4nccn34)c2C(F)(F)F)cc1F. The van der Waals surface area contributed by atoms with E-state index >= 15 is 0 Å². The lowest BCUT2D eigenvalue weighted by molar-refractivity contribution is -0.143. The highest BCUT2D eigenvalue weighted by Gasteiger charge is 2.41. The quantitative estimate of drug-likeness (QED) is 0.493. The summed E-state index contributed by atoms with van der Waals surface area (Å²) in [5, 5.41) is 5.78. The predicted octanol–water partition coefficient (Wildman–Crippen LogP) is 3.05. The van der Waals surface area contributed by atoms with E-state index in [4.69, 9.17) is 5.73 Å². The summed E-state index contributed by atoms with van der Waals surface area (Å²) in [7, 11) is 0. The molecule has 4 aromatic rings. The molecular weight excluding hydrogens is 413 g/mol. The van der Waals surface area contributed by atoms with E-state index in [9.17, 15) is 26.7 Å². The lowest BCUT2D eigenvalue weighted by atomic mass is 10.2. The van der Waals surface area contributed by atoms with Crippen molar-refractivity contribution in [1.29, 1.82) is 0 Å². The number of nitrogens with zero attached hydrogens (tertiary/aromatic N) is 5. The van der Waals surface area contributed by atoms with Gasteiger partial charge in [0.1, 0.15) is 5.82 Å². The third kappa shape index (κ3) is 3.19. The van der Waals surface area contributed by atoms with Crippen LogP contribution >= 0.6 is 0 Å². The van der Waals surface area contributed by atoms with Gasteiger partial charge in [-0.25, -0.2) is 23.4 Å². The van der Waals surface area contributed by atoms with Crippen LogP contribution in [0.15, 0.2) is 43.0 Å². The van der Waals surface area contributed by atoms with Crippen molar-refractivity contribution >= 4 is 23.1 Å². The normalized spacial score (nSPS) is 11.8. The van der Waals surface area contributed by atoms with Crippen LogP contribution in [0.4, 0.5) is 33.5 Å². The number of nitrogens with two attached hydrogens (primary N) is 1. The van der Waals surface area contributed by atoms with E-state index in [1.165, 1.54) is 12.4 Å². The molecule has 154 valence electrons. The van der Waals surface area contributed by atoms with E-state index in [-0.39, 0.29) is 17.2 Å². The zero-order valence-corrected chi connectivity index (χ0v) is 14.7. The van der Waals surface area contributed by atoms with Crippen LogP contribution < -0.4 is 11.1 Å². The second-order valence-electron chi connectivity index (χ2n) is 6.02. The van der Waals surface area contributed by atoms with Gasteiger partial charge in [-0.05, 0) is 12.1 Å². The minimum Gasteiger partial charge on any atom is -0.381 e. The Hall–Kier alpha value is -4.03. The number of hydrogen-bond donors (Lipinski definition) is 2. The number of rotatable bonds is 3. The number of imidazole rings is 1. The summed E-state index contributed by atoms with van der Waals surface area (Å²) in [5.41, 5.74) is 2.56. The number of fused-ring (bicyclic) bond motifs is 1. The Kier molecular flexibility index (Phi) is 4.37. The highest BCUT2D eigenvalue weighted by atomic mass is 19.4. The molecule has 0 radical (unpaired) electrons. The lowest BCUT2D eigenvalue weighted by Gasteiger charge is -2.14. The fourth-order valence-corrected chi connectivity index (χ4v) is 2.82. The maximum atomic E-state index is 13.8. The number of aromatic nitrogens is 5. The standard InChI is InChI=1S/C17H10F5N7O/c18-10-1-2-12(28-4-3-24-15(10)28)29-13(17(20,21)22)9(7-26-29)16(30)27-8-5-11(19)14(23)25-6-8/h1-7H,(H2,23,25)(H,27,30). The molecule has 4 aromatic heterocycles. The smallest absolute Gasteiger partial charge is 0.381 e. The third-order valence-electron chi connectivity index (χ3n) is 4.11. The summed E-state index contributed by atoms with van der Waals surface area (Å²) < 4.78 is 70.3. The van der Waals surface area contributed by atoms with Crippen LogP contribution in [0.1, 0.15) is 16.1 Å². The molecule has 0 aliphatic carbocycles. The average Bonchev–Trinajstić information content (AvgIpc) is 3.32. The summed E-state index contributed by atoms with van der Waals surface area (Å²) in [4.78, 5) is 19.7. The van der Waals surface area contributed by atoms with Gasteiger partial charge in [0.2, 0.25) is 0 Å². The fraction of sp³-hybridized carbons (Fsp3) is 0.0588. The Morgan fingerprint density at radius 3 is 2.57 bits per heavy atom. The summed E-state index contributed by atoms with van der Waals surface area (Å²) in [5.74, 6) is -3.54. The van der Waals surface area contributed by atoms with Crippen molar-refractivity contribution in [3.05, 3.63) is 65.9 Å². The van der Waals surface area contributed by atoms with Gasteiger partial charge in [-0.15, -0.1) is 0 Å². The van der Waals surface area contributed by atoms with Crippen LogP contribution in [0, 0.1) is 11.6 Å². The van der Waals surface area contributed by atoms with Crippen LogP contribution in [-0.4, -0.2) is 30.1 Å². The fourth-order valence-electron chi connectivity index (χ4n) is 2.82. The van der Waals surface area contributed by atoms with Crippen LogP contribution in [0.5, 0.6) is 0 Å². The second kappa shape index (κ2) is 6.79. The monoisotopic (exact) mass is 423 g/mol. The molecule has 8 nitrogen and oxygen atoms in total. The first-order chi connectivity index (χ1) is 14.2. The van der Waals surface area contributed by atoms with Gasteiger partial charge in [0, 0.05) is 18.5 Å². The van der Waals surface area contributed by atoms with Gasteiger partial charge in [0.25, 0.3) is 5.91 Å². The van der Waals surface area contributed by atoms with Gasteiger partial charge in [-0.1, -0.05) is 0 Å². The molecule has 0 saturated carbocycles. The van der Waals surface area contributed by atoms with Crippen molar-refractivity contribution in [2.24, 2.45) is 0 Å². The van der Waals surface area contributed by atoms with E-state index in [2.05, 4.69) is 20.4 Å². The molecule has 4 rings (SSSR count). The molecule has 13 heteroatoms. The first-order valence-electron chi connectivity index (χ1n) is 8.16. The Bertz CT molecular complexity index is 1280. The van der Waals surface area contributed by atoms with Crippen LogP contribution in [0.2, 0.25) is 0 Å². The minimum absolute atomic E-state index is 0.199. The summed E-state index contributed by atoms with van der Waals surface area (Å²) >= 11 is 0. The molecule has 0 fully saturated rings. The van der Waals surface area contributed by atoms with Gasteiger partial charge in [0.15, 0.2) is 28.8 Å². The molecule has 0 spiro atoms. The van der Waals surface area contributed by atoms with Crippen LogP contribution in [0.3, 0.4) is 0 Å². The van der Waals surface area contributed by atoms with Gasteiger partial charge in [-0.2, -0.15) is 18.3 Å². The number of hydrogen-bond acceptors (Lipinski definition) is 5. The number of amides is 1. The van der Waals surface area contributed by atoms with E-state index in [0.717, 1.165) is 28.8 Å². The van der Waals surface area contributed by atoms with Crippen molar-refractivity contribution in [2.45, 2.75) is 6.18 Å². The Labute approximate surface area is 163 Å². The van der Waals surface area contributed by atoms with E-state index in [1.807, 2.05) is 0 Å². The number of nitrogens with one attached hydrogen (secondary N) is 1. The average molecular weight is 423 g/mol. The third-order valence-corrected chi connectivity index (χ3v) is 4.11. The van der Waals surface area contributed by atoms with Crippen molar-refractivity contribution < 1.29 is 26.7 Å². The van der Waals surface area contributed by atoms with Gasteiger partial charge in [-0.3, -0.25) is 9.20 Å². The van der Waals surface area contributed by atoms with Crippen molar-refractivity contribution in [1.82, 2.24) is 24.1 Å². The minimum atomic E-state index is -5.00. The summed E-state index contributed by atoms with van der Waals surface area (Å²) in [6, 6.07) is 2.81. The highest BCUT2D eigenvalue weighted by molar-refractivity contribution is 6.05. The number of carbonyl (C=O) groups excluding carboxylic acids is 1. The highest BCUT2D eigenvalue weighted by Crippen LogP contribution is 2.34. The van der Waals surface area contributed by atoms with Crippen LogP contribution in [0.25, 0.3) is 11.5 Å². The maximum absolute atomic E-state index is 13.8. The molecule has 0 unspecified atom stereocenters. The predicted molar refractivity (Wildman–Crippen MR) is 93.8 cm³/mol. The molecular formula is C17H10F5N7O. The molecule has 3 N–H and O–H groups in total. The molecule has 30 heavy (non-hydrogen) atoms. The molecule has 1 amide bonds. The summed E-state index contributed by atoms with van der Waals surface area (Å²) in [6.07, 6.45) is -0.865. The lowest BCUT2D eigenvalue weighted by Crippen LogP contribution is -2.21. The number of nitrogen functional groups attached to an aromatic ring is 1. The molecule has 0 aromatic carbocycles. The summed E-state index contributed by atoms with van der Waals surface area (Å²) in [6.45, 7) is 0. The Balaban J connectivity index is 1.81. The molecule has 0 atom stereocenters. The first-order valence-corrected chi connectivity index (χ1v) is 8.16. The van der Waals surface area contributed by atoms with Crippen molar-refractivity contribution in [3.63, 3.8) is 0 Å².